The molecule has 0 bridgehead atoms. The van der Waals surface area contributed by atoms with Crippen LogP contribution in [0.1, 0.15) is 56.4 Å². The molecule has 18 aromatic rings. The van der Waals surface area contributed by atoms with E-state index >= 15 is 0 Å². The van der Waals surface area contributed by atoms with Gasteiger partial charge in [0.15, 0.2) is 22.6 Å². The first-order valence-corrected chi connectivity index (χ1v) is 45.4. The number of aromatic nitrogens is 15. The van der Waals surface area contributed by atoms with Crippen molar-refractivity contribution in [1.29, 1.82) is 0 Å². The van der Waals surface area contributed by atoms with E-state index in [-0.39, 0.29) is 60.7 Å². The molecule has 0 saturated carbocycles. The summed E-state index contributed by atoms with van der Waals surface area (Å²) in [7, 11) is 1.14. The predicted octanol–water partition coefficient (Wildman–Crippen LogP) is 22.7. The molecule has 14 N–H and O–H groups in total. The Balaban J connectivity index is 0.000000229. The monoisotopic (exact) mass is 2430 g/mol. The molecule has 0 spiro atoms. The first kappa shape index (κ1) is 117. The van der Waals surface area contributed by atoms with Crippen LogP contribution in [-0.2, 0) is 14.2 Å². The number of nitrogens with zero attached hydrogens (tertiary/aromatic N) is 19. The second kappa shape index (κ2) is 53.2. The third-order valence-corrected chi connectivity index (χ3v) is 22.7. The number of aromatic amines is 1. The summed E-state index contributed by atoms with van der Waals surface area (Å²) in [5.74, 6) is 1.98. The molecule has 10 aromatic heterocycles. The number of H-pyrrole nitrogens is 1. The maximum Gasteiger partial charge on any atom is 0.569 e. The van der Waals surface area contributed by atoms with Crippen LogP contribution in [-0.4, -0.2) is 152 Å². The van der Waals surface area contributed by atoms with Crippen LogP contribution in [0.25, 0.3) is 100 Å². The molecule has 0 aliphatic carbocycles. The molecule has 0 unspecified atom stereocenters. The molecule has 8 aromatic carbocycles. The third-order valence-electron chi connectivity index (χ3n) is 18.6. The van der Waals surface area contributed by atoms with Crippen molar-refractivity contribution in [2.45, 2.75) is 67.6 Å². The highest BCUT2D eigenvalue weighted by Crippen LogP contribution is 2.43. The molecule has 750 valence electrons. The summed E-state index contributed by atoms with van der Waals surface area (Å²) in [4.78, 5) is 117. The molecule has 0 aliphatic heterocycles. The van der Waals surface area contributed by atoms with Gasteiger partial charge in [-0.05, 0) is 230 Å². The molecular formula is C90H81B2Cl6I3N24O20. The van der Waals surface area contributed by atoms with Crippen LogP contribution < -0.4 is 32.7 Å². The number of rotatable bonds is 15. The molecule has 2 radical (unpaired) electrons. The second-order valence-corrected chi connectivity index (χ2v) is 36.0. The molecule has 0 fully saturated rings. The van der Waals surface area contributed by atoms with Gasteiger partial charge in [-0.1, -0.05) is 109 Å². The molecule has 145 heavy (non-hydrogen) atoms. The van der Waals surface area contributed by atoms with Gasteiger partial charge in [-0.2, -0.15) is 0 Å². The lowest BCUT2D eigenvalue weighted by molar-refractivity contribution is -0.385. The molecule has 18 rings (SSSR count). The average Bonchev–Trinajstić information content (AvgIpc) is 1.68. The summed E-state index contributed by atoms with van der Waals surface area (Å²) in [5.41, 5.74) is 26.2. The number of halogens is 9. The first-order chi connectivity index (χ1) is 67.0. The molecule has 55 heteroatoms. The SMILES string of the molecule is C.C.CC(C)(C)OC(=O)OC(=O)OC(C)(C)C.Clc1ncnc2[nH]cc(I)c12.N.Nc1ncnc2c1c(-c1ccc(Cl)cc1)c(Cl)n2-c1ccc([N+](=O)[O-])cc1.Nc1ncnc2c1c(-c1ccc(Cl)cc1)cn2-c1ccc([N+](=O)[O-])cc1.Nc1ncnc2c1c(I)cn2-c1ccc([N+](=O)[O-])cc1.O.O=[N+]([O-])c1ccc(-n2cc(I)c3c(Cl)ncnc32)cc1.O=[N+]([O-])c1ccc(O[B]O)cc1.O[B]Oc1ccc(Cl)cc1. The summed E-state index contributed by atoms with van der Waals surface area (Å²) in [5, 5.41) is 76.6. The molecule has 10 heterocycles. The zero-order valence-electron chi connectivity index (χ0n) is 74.5. The number of hydrogen-bond donors (Lipinski definition) is 7. The van der Waals surface area contributed by atoms with E-state index in [1.807, 2.05) is 62.8 Å². The maximum absolute atomic E-state index is 11.0. The van der Waals surface area contributed by atoms with E-state index in [1.54, 1.807) is 143 Å². The van der Waals surface area contributed by atoms with Gasteiger partial charge >= 0.3 is 27.7 Å². The highest BCUT2D eigenvalue weighted by molar-refractivity contribution is 14.1. The number of anilines is 3. The minimum absolute atomic E-state index is 0. The van der Waals surface area contributed by atoms with Crippen LogP contribution >= 0.6 is 137 Å². The van der Waals surface area contributed by atoms with Crippen molar-refractivity contribution in [3.05, 3.63) is 342 Å². The number of carbonyl (C=O) groups is 2. The van der Waals surface area contributed by atoms with E-state index in [0.717, 1.165) is 66.3 Å². The van der Waals surface area contributed by atoms with Gasteiger partial charge in [-0.15, -0.1) is 0 Å². The Morgan fingerprint density at radius 2 is 0.703 bits per heavy atom. The Morgan fingerprint density at radius 3 is 1.09 bits per heavy atom. The number of nitrogen functional groups attached to an aromatic ring is 3. The van der Waals surface area contributed by atoms with Crippen molar-refractivity contribution in [1.82, 2.24) is 79.2 Å². The maximum atomic E-state index is 11.0. The molecule has 0 aliphatic rings. The van der Waals surface area contributed by atoms with E-state index in [9.17, 15) is 60.2 Å². The van der Waals surface area contributed by atoms with Crippen LogP contribution in [0, 0.1) is 61.3 Å². The summed E-state index contributed by atoms with van der Waals surface area (Å²) in [6.45, 7) is 10.0. The minimum Gasteiger partial charge on any atom is -0.537 e. The number of carbonyl (C=O) groups excluding carboxylic acids is 2. The summed E-state index contributed by atoms with van der Waals surface area (Å²) in [6.07, 6.45) is 12.3. The standard InChI is InChI=1S/C18H11Cl2N5O2.C18H12ClN5O2.C12H6ClIN4O2.C12H8IN5O2.C10H18O5.C6H5BClO2.C6H5BNO4.C6H3ClIN3.2CH4.H3N.H2O/c19-11-3-1-10(2-4-11)14-15-17(21)22-9-23-18(15)24(16(14)20)12-5-7-13(8-6-12)25(26)27;19-12-3-1-11(2-4-12)15-9-23(18-16(15)17(20)21-10-22-18)13-5-7-14(8-6-13)24(25)26;13-11-10-9(14)5-17(12(10)16-6-15-11)7-1-3-8(4-2-7)18(19)20;13-9-5-17(12-10(9)11(14)15-6-16-12)7-1-3-8(4-2-7)18(19)20;1-9(2,3)14-7(11)13-8(12)15-10(4,5)6;8-5-1-3-6(4-2-5)10-7-9;9-7-12-6-3-1-5(2-4-6)8(10)11;7-5-4-3(8)1-9-6(4)11-2-10-5;;;;/h1-9H,(H2,21,22,23);1-10H,(H2,20,21,22);1-6H;1-6H,(H2,14,15,16);1-6H3;1-4,9H;1-4,9H;1-2H,(H,9,10,11);2*1H4;1H3;1H2. The van der Waals surface area contributed by atoms with Gasteiger partial charge in [0, 0.05) is 145 Å². The Kier molecular flexibility index (Phi) is 43.1. The van der Waals surface area contributed by atoms with Gasteiger partial charge < -0.3 is 81.1 Å². The van der Waals surface area contributed by atoms with Crippen molar-refractivity contribution in [2.75, 3.05) is 17.2 Å². The highest BCUT2D eigenvalue weighted by atomic mass is 127. The summed E-state index contributed by atoms with van der Waals surface area (Å²) in [6, 6.07) is 51.4. The number of non-ortho nitro benzene ring substituents is 5. The highest BCUT2D eigenvalue weighted by Gasteiger charge is 2.27. The average molecular weight is 2430 g/mol. The normalized spacial score (nSPS) is 10.4. The number of fused-ring (bicyclic) bond motifs is 5. The van der Waals surface area contributed by atoms with Gasteiger partial charge in [0.2, 0.25) is 0 Å². The van der Waals surface area contributed by atoms with Crippen LogP contribution in [0.4, 0.5) is 55.5 Å². The smallest absolute Gasteiger partial charge is 0.537 e. The van der Waals surface area contributed by atoms with Gasteiger partial charge in [-0.3, -0.25) is 55.1 Å². The second-order valence-electron chi connectivity index (χ2n) is 30.2. The topological polar surface area (TPSA) is 645 Å². The number of benzene rings is 8. The van der Waals surface area contributed by atoms with Crippen LogP contribution in [0.15, 0.2) is 251 Å². The van der Waals surface area contributed by atoms with E-state index in [1.165, 1.54) is 104 Å². The zero-order chi connectivity index (χ0) is 102. The Morgan fingerprint density at radius 1 is 0.393 bits per heavy atom. The van der Waals surface area contributed by atoms with Gasteiger partial charge in [-0.25, -0.2) is 59.4 Å². The van der Waals surface area contributed by atoms with Gasteiger partial charge in [0.05, 0.1) is 51.5 Å². The Bertz CT molecular complexity index is 7420. The fraction of sp³-hybridized carbons (Fsp3) is 0.111. The lowest BCUT2D eigenvalue weighted by Crippen LogP contribution is -2.29. The Labute approximate surface area is 894 Å². The first-order valence-electron chi connectivity index (χ1n) is 39.9. The van der Waals surface area contributed by atoms with Gasteiger partial charge in [0.25, 0.3) is 28.4 Å². The molecule has 44 nitrogen and oxygen atoms in total. The fourth-order valence-electron chi connectivity index (χ4n) is 12.5. The van der Waals surface area contributed by atoms with Crippen molar-refractivity contribution >= 4 is 266 Å². The van der Waals surface area contributed by atoms with Crippen LogP contribution in [0.3, 0.4) is 0 Å². The Hall–Kier alpha value is -14.5. The van der Waals surface area contributed by atoms with Crippen molar-refractivity contribution in [3.8, 4) is 56.5 Å². The molecule has 0 atom stereocenters. The van der Waals surface area contributed by atoms with E-state index in [4.69, 9.17) is 106 Å². The lowest BCUT2D eigenvalue weighted by Gasteiger charge is -2.20. The molecule has 0 saturated heterocycles. The van der Waals surface area contributed by atoms with Crippen molar-refractivity contribution in [3.63, 3.8) is 0 Å². The number of nitrogens with one attached hydrogen (secondary N) is 1. The van der Waals surface area contributed by atoms with Crippen molar-refractivity contribution in [2.24, 2.45) is 0 Å². The number of nitro benzene ring substituents is 5. The van der Waals surface area contributed by atoms with Gasteiger partial charge in [0.1, 0.15) is 92.9 Å². The van der Waals surface area contributed by atoms with E-state index < -0.39 is 48.1 Å². The number of nitro groups is 5. The third kappa shape index (κ3) is 31.0. The quantitative estimate of drug-likeness (QED) is 0.00953. The van der Waals surface area contributed by atoms with E-state index in [2.05, 4.69) is 137 Å². The largest absolute Gasteiger partial charge is 0.569 e. The molecular weight excluding hydrogens is 2350 g/mol. The number of ether oxygens (including phenoxy) is 3. The lowest BCUT2D eigenvalue weighted by atomic mass is 10.1. The van der Waals surface area contributed by atoms with Crippen molar-refractivity contribution < 1.29 is 73.2 Å². The fourth-order valence-corrected chi connectivity index (χ4v) is 16.3. The van der Waals surface area contributed by atoms with E-state index in [0.29, 0.717) is 114 Å². The zero-order valence-corrected chi connectivity index (χ0v) is 85.5. The van der Waals surface area contributed by atoms with Crippen LogP contribution in [0.5, 0.6) is 11.5 Å². The summed E-state index contributed by atoms with van der Waals surface area (Å²) < 4.78 is 33.0. The molecule has 0 amide bonds. The number of hydrogen-bond acceptors (Lipinski definition) is 33. The number of nitrogens with two attached hydrogens (primary N) is 3. The summed E-state index contributed by atoms with van der Waals surface area (Å²) >= 11 is 42.7. The minimum atomic E-state index is -1.06. The van der Waals surface area contributed by atoms with Crippen LogP contribution in [0.2, 0.25) is 30.5 Å². The predicted molar refractivity (Wildman–Crippen MR) is 581 cm³/mol.